The van der Waals surface area contributed by atoms with Gasteiger partial charge in [0.05, 0.1) is 35.8 Å². The number of rotatable bonds is 6. The second-order valence-electron chi connectivity index (χ2n) is 11.2. The van der Waals surface area contributed by atoms with Gasteiger partial charge < -0.3 is 20.4 Å². The molecular weight excluding hydrogens is 560 g/mol. The lowest BCUT2D eigenvalue weighted by Crippen LogP contribution is -2.46. The van der Waals surface area contributed by atoms with Crippen LogP contribution >= 0.6 is 0 Å². The number of carbonyl (C=O) groups excluding carboxylic acids is 2. The lowest BCUT2D eigenvalue weighted by atomic mass is 9.85. The van der Waals surface area contributed by atoms with E-state index in [2.05, 4.69) is 31.3 Å². The molecule has 2 bridgehead atoms. The number of hydrogen-bond donors (Lipinski definition) is 2. The summed E-state index contributed by atoms with van der Waals surface area (Å²) in [7, 11) is 1.53. The maximum absolute atomic E-state index is 13.2. The lowest BCUT2D eigenvalue weighted by Gasteiger charge is -2.38. The van der Waals surface area contributed by atoms with Gasteiger partial charge in [0, 0.05) is 40.9 Å². The zero-order valence-corrected chi connectivity index (χ0v) is 24.1. The number of aromatic nitrogens is 7. The van der Waals surface area contributed by atoms with Crippen molar-refractivity contribution in [2.75, 3.05) is 12.8 Å². The van der Waals surface area contributed by atoms with Crippen molar-refractivity contribution < 1.29 is 14.3 Å². The molecule has 5 aromatic rings. The predicted molar refractivity (Wildman–Crippen MR) is 159 cm³/mol. The Morgan fingerprint density at radius 2 is 1.89 bits per heavy atom. The average molecular weight is 589 g/mol. The Labute approximate surface area is 251 Å². The minimum Gasteiger partial charge on any atom is -0.495 e. The van der Waals surface area contributed by atoms with Gasteiger partial charge in [-0.1, -0.05) is 6.07 Å². The van der Waals surface area contributed by atoms with Crippen molar-refractivity contribution in [3.63, 3.8) is 0 Å². The topological polar surface area (TPSA) is 181 Å². The molecule has 0 aliphatic carbocycles. The van der Waals surface area contributed by atoms with E-state index >= 15 is 0 Å². The molecule has 220 valence electrons. The first kappa shape index (κ1) is 27.2. The summed E-state index contributed by atoms with van der Waals surface area (Å²) < 4.78 is 6.76. The highest BCUT2D eigenvalue weighted by Crippen LogP contribution is 2.45. The summed E-state index contributed by atoms with van der Waals surface area (Å²) in [5.41, 5.74) is 11.5. The van der Waals surface area contributed by atoms with Crippen molar-refractivity contribution in [1.82, 2.24) is 39.7 Å². The van der Waals surface area contributed by atoms with Gasteiger partial charge in [-0.25, -0.2) is 4.98 Å². The smallest absolute Gasteiger partial charge is 0.292 e. The first-order chi connectivity index (χ1) is 21.4. The van der Waals surface area contributed by atoms with Crippen molar-refractivity contribution in [2.24, 2.45) is 0 Å². The number of nitrogens with two attached hydrogens (primary N) is 1. The number of anilines is 1. The van der Waals surface area contributed by atoms with Crippen LogP contribution in [-0.2, 0) is 0 Å². The second-order valence-corrected chi connectivity index (χ2v) is 11.2. The van der Waals surface area contributed by atoms with Crippen molar-refractivity contribution in [1.29, 1.82) is 5.26 Å². The number of H-pyrrole nitrogens is 1. The second kappa shape index (κ2) is 10.6. The SMILES string of the molecule is COc1ccc(-c2ccc(-c3cnn4c(N)c(C(C)=O)c([C@H]5C[C@H]6CC[C@@H](C5)N6C(=O)c5nnc[nH]5)nc34)cn2)cc1C#N. The van der Waals surface area contributed by atoms with E-state index < -0.39 is 0 Å². The van der Waals surface area contributed by atoms with Crippen molar-refractivity contribution in [2.45, 2.75) is 50.6 Å². The largest absolute Gasteiger partial charge is 0.495 e. The zero-order valence-electron chi connectivity index (χ0n) is 24.1. The van der Waals surface area contributed by atoms with Crippen molar-refractivity contribution >= 4 is 23.2 Å². The number of aromatic amines is 1. The number of nitrogens with one attached hydrogen (secondary N) is 1. The van der Waals surface area contributed by atoms with Gasteiger partial charge in [-0.15, -0.1) is 10.2 Å². The molecule has 7 rings (SSSR count). The summed E-state index contributed by atoms with van der Waals surface area (Å²) in [6.45, 7) is 1.49. The molecule has 2 saturated heterocycles. The molecule has 2 aliphatic rings. The molecule has 44 heavy (non-hydrogen) atoms. The summed E-state index contributed by atoms with van der Waals surface area (Å²) in [6.07, 6.45) is 7.86. The van der Waals surface area contributed by atoms with Gasteiger partial charge in [-0.05, 0) is 56.9 Å². The first-order valence-electron chi connectivity index (χ1n) is 14.3. The Kier molecular flexibility index (Phi) is 6.54. The summed E-state index contributed by atoms with van der Waals surface area (Å²) in [5, 5.41) is 21.6. The maximum Gasteiger partial charge on any atom is 0.292 e. The normalized spacial score (nSPS) is 19.2. The third kappa shape index (κ3) is 4.34. The molecule has 6 heterocycles. The number of fused-ring (bicyclic) bond motifs is 3. The van der Waals surface area contributed by atoms with Crippen molar-refractivity contribution in [3.05, 3.63) is 71.7 Å². The van der Waals surface area contributed by atoms with Gasteiger partial charge in [0.25, 0.3) is 5.91 Å². The molecule has 0 spiro atoms. The molecule has 2 aliphatic heterocycles. The molecule has 0 unspecified atom stereocenters. The number of methoxy groups -OCH3 is 1. The average Bonchev–Trinajstić information content (AvgIpc) is 3.79. The number of nitriles is 1. The van der Waals surface area contributed by atoms with E-state index in [4.69, 9.17) is 15.5 Å². The van der Waals surface area contributed by atoms with Crippen LogP contribution in [-0.4, -0.2) is 70.5 Å². The van der Waals surface area contributed by atoms with Gasteiger partial charge in [-0.2, -0.15) is 14.9 Å². The number of piperidine rings is 1. The molecule has 1 aromatic carbocycles. The van der Waals surface area contributed by atoms with Gasteiger partial charge in [0.1, 0.15) is 24.0 Å². The number of pyridine rings is 1. The summed E-state index contributed by atoms with van der Waals surface area (Å²) in [6, 6.07) is 11.3. The van der Waals surface area contributed by atoms with Crippen LogP contribution in [0.1, 0.15) is 70.8 Å². The summed E-state index contributed by atoms with van der Waals surface area (Å²) in [4.78, 5) is 40.5. The number of ketones is 1. The van der Waals surface area contributed by atoms with Crippen LogP contribution in [0.15, 0.2) is 49.1 Å². The molecular formula is C31H28N10O3. The monoisotopic (exact) mass is 588 g/mol. The van der Waals surface area contributed by atoms with Crippen LogP contribution in [0.4, 0.5) is 5.82 Å². The van der Waals surface area contributed by atoms with Crippen LogP contribution in [0.2, 0.25) is 0 Å². The Morgan fingerprint density at radius 3 is 2.52 bits per heavy atom. The van der Waals surface area contributed by atoms with E-state index in [1.807, 2.05) is 23.1 Å². The quantitative estimate of drug-likeness (QED) is 0.277. The fourth-order valence-electron chi connectivity index (χ4n) is 6.74. The molecule has 4 aromatic heterocycles. The Morgan fingerprint density at radius 1 is 1.11 bits per heavy atom. The van der Waals surface area contributed by atoms with E-state index in [1.165, 1.54) is 24.9 Å². The zero-order chi connectivity index (χ0) is 30.5. The third-order valence-corrected chi connectivity index (χ3v) is 8.73. The van der Waals surface area contributed by atoms with Crippen molar-refractivity contribution in [3.8, 4) is 34.2 Å². The number of hydrogen-bond acceptors (Lipinski definition) is 10. The van der Waals surface area contributed by atoms with Gasteiger partial charge >= 0.3 is 0 Å². The van der Waals surface area contributed by atoms with Gasteiger partial charge in [0.15, 0.2) is 11.4 Å². The van der Waals surface area contributed by atoms with Crippen LogP contribution in [0.5, 0.6) is 5.75 Å². The van der Waals surface area contributed by atoms with Gasteiger partial charge in [-0.3, -0.25) is 14.6 Å². The number of benzene rings is 1. The minimum absolute atomic E-state index is 0.00367. The Bertz CT molecular complexity index is 1950. The number of Topliss-reactive ketones (excluding diaryl/α,β-unsaturated/α-hetero) is 1. The highest BCUT2D eigenvalue weighted by molar-refractivity contribution is 6.00. The first-order valence-corrected chi connectivity index (χ1v) is 14.3. The summed E-state index contributed by atoms with van der Waals surface area (Å²) >= 11 is 0. The number of ether oxygens (including phenoxy) is 1. The number of nitrogen functional groups attached to an aromatic ring is 1. The number of carbonyl (C=O) groups is 2. The van der Waals surface area contributed by atoms with Gasteiger partial charge in [0.2, 0.25) is 5.82 Å². The molecule has 3 atom stereocenters. The lowest BCUT2D eigenvalue weighted by molar-refractivity contribution is 0.0556. The third-order valence-electron chi connectivity index (χ3n) is 8.73. The standard InChI is InChI=1S/C31H28N10O3/c1-16(42)26-27(19-10-21-5-6-22(11-19)40(21)31(43)29-35-15-36-39-29)38-30-23(14-37-41(30)28(26)33)18-3-7-24(34-13-18)17-4-8-25(44-2)20(9-17)12-32/h3-4,7-9,13-15,19,21-22H,5-6,10-11,33H2,1-2H3,(H,35,36,39)/t19-,21+,22-. The van der Waals surface area contributed by atoms with E-state index in [9.17, 15) is 14.9 Å². The molecule has 13 nitrogen and oxygen atoms in total. The van der Waals surface area contributed by atoms with Crippen LogP contribution in [0, 0.1) is 11.3 Å². The number of nitrogens with zero attached hydrogens (tertiary/aromatic N) is 8. The Hall–Kier alpha value is -5.64. The van der Waals surface area contributed by atoms with E-state index in [1.54, 1.807) is 24.5 Å². The van der Waals surface area contributed by atoms with Crippen LogP contribution in [0.3, 0.4) is 0 Å². The predicted octanol–water partition coefficient (Wildman–Crippen LogP) is 3.79. The Balaban J connectivity index is 1.24. The van der Waals surface area contributed by atoms with E-state index in [-0.39, 0.29) is 41.3 Å². The highest BCUT2D eigenvalue weighted by atomic mass is 16.5. The van der Waals surface area contributed by atoms with Crippen LogP contribution in [0.25, 0.3) is 28.0 Å². The molecule has 0 saturated carbocycles. The molecule has 3 N–H and O–H groups in total. The van der Waals surface area contributed by atoms with Crippen LogP contribution < -0.4 is 10.5 Å². The highest BCUT2D eigenvalue weighted by Gasteiger charge is 2.45. The maximum atomic E-state index is 13.2. The minimum atomic E-state index is -0.182. The summed E-state index contributed by atoms with van der Waals surface area (Å²) in [5.74, 6) is 0.570. The number of amides is 1. The molecule has 1 amide bonds. The van der Waals surface area contributed by atoms with E-state index in [0.29, 0.717) is 46.8 Å². The fourth-order valence-corrected chi connectivity index (χ4v) is 6.74. The molecule has 2 fully saturated rings. The molecule has 0 radical (unpaired) electrons. The van der Waals surface area contributed by atoms with E-state index in [0.717, 1.165) is 29.5 Å². The molecule has 13 heteroatoms. The fraction of sp³-hybridized carbons (Fsp3) is 0.290.